The summed E-state index contributed by atoms with van der Waals surface area (Å²) in [6.07, 6.45) is 1.43. The first-order valence-electron chi connectivity index (χ1n) is 10.6. The van der Waals surface area contributed by atoms with E-state index in [1.165, 1.54) is 0 Å². The van der Waals surface area contributed by atoms with Crippen molar-refractivity contribution in [1.82, 2.24) is 10.2 Å². The zero-order valence-corrected chi connectivity index (χ0v) is 19.7. The van der Waals surface area contributed by atoms with Crippen LogP contribution >= 0.6 is 11.8 Å². The fourth-order valence-electron chi connectivity index (χ4n) is 3.72. The minimum Gasteiger partial charge on any atom is -0.497 e. The second kappa shape index (κ2) is 11.1. The van der Waals surface area contributed by atoms with E-state index < -0.39 is 6.04 Å². The van der Waals surface area contributed by atoms with Crippen LogP contribution in [-0.2, 0) is 11.2 Å². The van der Waals surface area contributed by atoms with E-state index in [1.54, 1.807) is 62.3 Å². The van der Waals surface area contributed by atoms with Crippen LogP contribution in [0.15, 0.2) is 42.5 Å². The number of thioether (sulfide) groups is 1. The standard InChI is InChI=1S/C24H30N2O5S/c1-5-22-26(24(28)17-7-9-18(29-2)10-8-17)19(15-32-22)23(27)25-13-12-16-6-11-20(30-3)21(14-16)31-4/h6-11,14,19,22H,5,12-13,15H2,1-4H3,(H,25,27). The third kappa shape index (κ3) is 5.30. The Morgan fingerprint density at radius 2 is 1.75 bits per heavy atom. The third-order valence-corrected chi connectivity index (χ3v) is 6.93. The molecule has 1 heterocycles. The number of benzene rings is 2. The molecule has 8 heteroatoms. The molecule has 1 N–H and O–H groups in total. The minimum absolute atomic E-state index is 0.0220. The first kappa shape index (κ1) is 23.8. The van der Waals surface area contributed by atoms with Gasteiger partial charge in [-0.05, 0) is 54.8 Å². The number of nitrogens with zero attached hydrogens (tertiary/aromatic N) is 1. The van der Waals surface area contributed by atoms with Gasteiger partial charge in [0.15, 0.2) is 11.5 Å². The Labute approximate surface area is 193 Å². The smallest absolute Gasteiger partial charge is 0.255 e. The summed E-state index contributed by atoms with van der Waals surface area (Å²) in [6, 6.07) is 12.2. The molecule has 2 amide bonds. The van der Waals surface area contributed by atoms with Crippen LogP contribution < -0.4 is 19.5 Å². The van der Waals surface area contributed by atoms with Crippen molar-refractivity contribution in [3.63, 3.8) is 0 Å². The molecule has 1 fully saturated rings. The lowest BCUT2D eigenvalue weighted by Crippen LogP contribution is -2.50. The molecule has 0 saturated carbocycles. The van der Waals surface area contributed by atoms with Gasteiger partial charge in [-0.15, -0.1) is 11.8 Å². The molecule has 2 aromatic carbocycles. The average molecular weight is 459 g/mol. The van der Waals surface area contributed by atoms with Crippen LogP contribution in [0.5, 0.6) is 17.2 Å². The first-order chi connectivity index (χ1) is 15.5. The molecule has 0 spiro atoms. The maximum Gasteiger partial charge on any atom is 0.255 e. The molecule has 1 aliphatic heterocycles. The summed E-state index contributed by atoms with van der Waals surface area (Å²) in [4.78, 5) is 27.9. The second-order valence-electron chi connectivity index (χ2n) is 7.38. The second-order valence-corrected chi connectivity index (χ2v) is 8.59. The molecular formula is C24H30N2O5S. The highest BCUT2D eigenvalue weighted by molar-refractivity contribution is 8.00. The van der Waals surface area contributed by atoms with Crippen molar-refractivity contribution in [3.8, 4) is 17.2 Å². The number of methoxy groups -OCH3 is 3. The van der Waals surface area contributed by atoms with Crippen LogP contribution in [0.25, 0.3) is 0 Å². The van der Waals surface area contributed by atoms with E-state index in [-0.39, 0.29) is 17.2 Å². The summed E-state index contributed by atoms with van der Waals surface area (Å²) in [5.41, 5.74) is 1.58. The van der Waals surface area contributed by atoms with Crippen LogP contribution in [0.1, 0.15) is 29.3 Å². The zero-order chi connectivity index (χ0) is 23.1. The highest BCUT2D eigenvalue weighted by atomic mass is 32.2. The van der Waals surface area contributed by atoms with Gasteiger partial charge >= 0.3 is 0 Å². The molecule has 32 heavy (non-hydrogen) atoms. The van der Waals surface area contributed by atoms with E-state index in [4.69, 9.17) is 14.2 Å². The molecule has 2 unspecified atom stereocenters. The van der Waals surface area contributed by atoms with E-state index in [0.29, 0.717) is 41.5 Å². The van der Waals surface area contributed by atoms with Gasteiger partial charge in [-0.1, -0.05) is 13.0 Å². The maximum absolute atomic E-state index is 13.2. The van der Waals surface area contributed by atoms with Gasteiger partial charge in [0.25, 0.3) is 5.91 Å². The zero-order valence-electron chi connectivity index (χ0n) is 18.9. The molecule has 2 atom stereocenters. The van der Waals surface area contributed by atoms with Crippen molar-refractivity contribution >= 4 is 23.6 Å². The fourth-order valence-corrected chi connectivity index (χ4v) is 5.07. The number of hydrogen-bond donors (Lipinski definition) is 1. The summed E-state index contributed by atoms with van der Waals surface area (Å²) < 4.78 is 15.8. The minimum atomic E-state index is -0.495. The largest absolute Gasteiger partial charge is 0.497 e. The van der Waals surface area contributed by atoms with E-state index in [9.17, 15) is 9.59 Å². The molecule has 0 aromatic heterocycles. The number of ether oxygens (including phenoxy) is 3. The van der Waals surface area contributed by atoms with Gasteiger partial charge in [0.1, 0.15) is 11.8 Å². The van der Waals surface area contributed by atoms with Gasteiger partial charge < -0.3 is 24.4 Å². The third-order valence-electron chi connectivity index (χ3n) is 5.48. The number of amides is 2. The molecular weight excluding hydrogens is 428 g/mol. The summed E-state index contributed by atoms with van der Waals surface area (Å²) in [7, 11) is 4.78. The van der Waals surface area contributed by atoms with Crippen molar-refractivity contribution in [1.29, 1.82) is 0 Å². The highest BCUT2D eigenvalue weighted by Crippen LogP contribution is 2.33. The number of carbonyl (C=O) groups is 2. The summed E-state index contributed by atoms with van der Waals surface area (Å²) in [5.74, 6) is 2.34. The van der Waals surface area contributed by atoms with Crippen molar-refractivity contribution in [3.05, 3.63) is 53.6 Å². The van der Waals surface area contributed by atoms with Crippen LogP contribution in [0.2, 0.25) is 0 Å². The lowest BCUT2D eigenvalue weighted by molar-refractivity contribution is -0.124. The van der Waals surface area contributed by atoms with E-state index in [2.05, 4.69) is 5.32 Å². The van der Waals surface area contributed by atoms with E-state index >= 15 is 0 Å². The van der Waals surface area contributed by atoms with Gasteiger partial charge in [0, 0.05) is 17.9 Å². The lowest BCUT2D eigenvalue weighted by Gasteiger charge is -2.28. The fraction of sp³-hybridized carbons (Fsp3) is 0.417. The molecule has 172 valence electrons. The molecule has 0 aliphatic carbocycles. The Bertz CT molecular complexity index is 934. The molecule has 3 rings (SSSR count). The molecule has 0 radical (unpaired) electrons. The SMILES string of the molecule is CCC1SCC(C(=O)NCCc2ccc(OC)c(OC)c2)N1C(=O)c1ccc(OC)cc1. The number of hydrogen-bond acceptors (Lipinski definition) is 6. The Morgan fingerprint density at radius 1 is 1.03 bits per heavy atom. The Morgan fingerprint density at radius 3 is 2.38 bits per heavy atom. The summed E-state index contributed by atoms with van der Waals surface area (Å²) in [6.45, 7) is 2.50. The van der Waals surface area contributed by atoms with Gasteiger partial charge in [-0.25, -0.2) is 0 Å². The van der Waals surface area contributed by atoms with Crippen LogP contribution in [-0.4, -0.2) is 61.8 Å². The summed E-state index contributed by atoms with van der Waals surface area (Å²) in [5, 5.41) is 2.98. The quantitative estimate of drug-likeness (QED) is 0.621. The predicted molar refractivity (Wildman–Crippen MR) is 126 cm³/mol. The monoisotopic (exact) mass is 458 g/mol. The summed E-state index contributed by atoms with van der Waals surface area (Å²) >= 11 is 1.65. The molecule has 1 saturated heterocycles. The van der Waals surface area contributed by atoms with Crippen molar-refractivity contribution in [2.45, 2.75) is 31.2 Å². The number of nitrogens with one attached hydrogen (secondary N) is 1. The van der Waals surface area contributed by atoms with E-state index in [1.807, 2.05) is 25.1 Å². The number of rotatable bonds is 9. The average Bonchev–Trinajstić information content (AvgIpc) is 3.27. The normalized spacial score (nSPS) is 17.7. The van der Waals surface area contributed by atoms with Crippen LogP contribution in [0.4, 0.5) is 0 Å². The van der Waals surface area contributed by atoms with Gasteiger partial charge in [0.2, 0.25) is 5.91 Å². The lowest BCUT2D eigenvalue weighted by atomic mass is 10.1. The Kier molecular flexibility index (Phi) is 8.27. The molecule has 0 bridgehead atoms. The predicted octanol–water partition coefficient (Wildman–Crippen LogP) is 3.37. The molecule has 7 nitrogen and oxygen atoms in total. The number of carbonyl (C=O) groups excluding carboxylic acids is 2. The highest BCUT2D eigenvalue weighted by Gasteiger charge is 2.40. The van der Waals surface area contributed by atoms with Gasteiger partial charge in [-0.3, -0.25) is 9.59 Å². The topological polar surface area (TPSA) is 77.1 Å². The van der Waals surface area contributed by atoms with Crippen molar-refractivity contribution in [2.75, 3.05) is 33.6 Å². The Balaban J connectivity index is 1.64. The first-order valence-corrected chi connectivity index (χ1v) is 11.6. The van der Waals surface area contributed by atoms with Crippen molar-refractivity contribution in [2.24, 2.45) is 0 Å². The molecule has 1 aliphatic rings. The Hall–Kier alpha value is -2.87. The van der Waals surface area contributed by atoms with E-state index in [0.717, 1.165) is 12.0 Å². The van der Waals surface area contributed by atoms with Crippen molar-refractivity contribution < 1.29 is 23.8 Å². The van der Waals surface area contributed by atoms with Gasteiger partial charge in [0.05, 0.1) is 26.7 Å². The van der Waals surface area contributed by atoms with Gasteiger partial charge in [-0.2, -0.15) is 0 Å². The maximum atomic E-state index is 13.2. The molecule has 2 aromatic rings. The van der Waals surface area contributed by atoms with Crippen LogP contribution in [0.3, 0.4) is 0 Å². The van der Waals surface area contributed by atoms with Crippen LogP contribution in [0, 0.1) is 0 Å².